The number of carbonyl (C=O) groups excluding carboxylic acids is 1. The largest absolute Gasteiger partial charge is 0.444 e. The molecule has 6 heteroatoms. The first kappa shape index (κ1) is 19.2. The van der Waals surface area contributed by atoms with Crippen LogP contribution >= 0.6 is 15.9 Å². The predicted octanol–water partition coefficient (Wildman–Crippen LogP) is 4.42. The van der Waals surface area contributed by atoms with E-state index in [9.17, 15) is 4.79 Å². The van der Waals surface area contributed by atoms with Crippen molar-refractivity contribution in [2.45, 2.75) is 50.3 Å². The van der Waals surface area contributed by atoms with Gasteiger partial charge in [-0.25, -0.2) is 4.79 Å². The van der Waals surface area contributed by atoms with Crippen LogP contribution in [0.4, 0.5) is 4.79 Å². The van der Waals surface area contributed by atoms with Gasteiger partial charge in [0.2, 0.25) is 0 Å². The molecular formula is C18H26BrNO4. The maximum Gasteiger partial charge on any atom is 0.410 e. The van der Waals surface area contributed by atoms with Crippen molar-refractivity contribution in [1.29, 1.82) is 0 Å². The van der Waals surface area contributed by atoms with E-state index in [1.54, 1.807) is 12.0 Å². The van der Waals surface area contributed by atoms with Gasteiger partial charge in [0.1, 0.15) is 18.5 Å². The van der Waals surface area contributed by atoms with E-state index in [4.69, 9.17) is 14.2 Å². The third kappa shape index (κ3) is 4.10. The molecule has 1 aliphatic rings. The Bertz CT molecular complexity index is 572. The van der Waals surface area contributed by atoms with E-state index >= 15 is 0 Å². The summed E-state index contributed by atoms with van der Waals surface area (Å²) in [5.41, 5.74) is 1.66. The Balaban J connectivity index is 2.36. The molecule has 0 bridgehead atoms. The van der Waals surface area contributed by atoms with Gasteiger partial charge in [0.25, 0.3) is 0 Å². The summed E-state index contributed by atoms with van der Waals surface area (Å²) in [7, 11) is 1.59. The molecule has 1 unspecified atom stereocenters. The minimum Gasteiger partial charge on any atom is -0.444 e. The average molecular weight is 400 g/mol. The fourth-order valence-electron chi connectivity index (χ4n) is 2.97. The molecule has 3 atom stereocenters. The van der Waals surface area contributed by atoms with Crippen LogP contribution in [0, 0.1) is 0 Å². The van der Waals surface area contributed by atoms with Crippen LogP contribution in [0.25, 0.3) is 0 Å². The topological polar surface area (TPSA) is 48.0 Å². The molecule has 1 amide bonds. The highest BCUT2D eigenvalue weighted by atomic mass is 79.9. The zero-order valence-corrected chi connectivity index (χ0v) is 16.5. The molecule has 0 aromatic heterocycles. The zero-order chi connectivity index (χ0) is 17.9. The number of benzene rings is 1. The molecule has 0 saturated heterocycles. The summed E-state index contributed by atoms with van der Waals surface area (Å²) in [6.45, 7) is 8.25. The maximum absolute atomic E-state index is 12.7. The number of alkyl halides is 1. The van der Waals surface area contributed by atoms with Gasteiger partial charge < -0.3 is 14.2 Å². The Labute approximate surface area is 152 Å². The second-order valence-electron chi connectivity index (χ2n) is 6.78. The highest BCUT2D eigenvalue weighted by Crippen LogP contribution is 2.48. The number of nitrogens with zero attached hydrogens (tertiary/aromatic N) is 1. The molecule has 1 aromatic rings. The van der Waals surface area contributed by atoms with E-state index in [2.05, 4.69) is 22.0 Å². The van der Waals surface area contributed by atoms with Gasteiger partial charge in [-0.3, -0.25) is 4.90 Å². The van der Waals surface area contributed by atoms with Crippen molar-refractivity contribution in [3.8, 4) is 0 Å². The standard InChI is InChI=1S/C18H26BrNO4/c1-6-20(17(21)24-18(2,3)4)15-13-10-8-7-9-12(13)14(19)16(15)23-11-22-5/h7-10,14-16H,6,11H2,1-5H3/t14?,15-,16-/m1/s1. The van der Waals surface area contributed by atoms with Crippen LogP contribution in [0.3, 0.4) is 0 Å². The predicted molar refractivity (Wildman–Crippen MR) is 96.2 cm³/mol. The van der Waals surface area contributed by atoms with Crippen molar-refractivity contribution >= 4 is 22.0 Å². The third-order valence-electron chi connectivity index (χ3n) is 3.89. The third-order valence-corrected chi connectivity index (χ3v) is 4.91. The van der Waals surface area contributed by atoms with Crippen molar-refractivity contribution in [3.63, 3.8) is 0 Å². The summed E-state index contributed by atoms with van der Waals surface area (Å²) in [4.78, 5) is 14.4. The number of amides is 1. The van der Waals surface area contributed by atoms with Gasteiger partial charge in [-0.05, 0) is 38.8 Å². The van der Waals surface area contributed by atoms with Crippen molar-refractivity contribution in [2.24, 2.45) is 0 Å². The molecule has 0 spiro atoms. The molecule has 0 heterocycles. The summed E-state index contributed by atoms with van der Waals surface area (Å²) in [6, 6.07) is 7.85. The summed E-state index contributed by atoms with van der Waals surface area (Å²) < 4.78 is 16.6. The van der Waals surface area contributed by atoms with Gasteiger partial charge in [-0.15, -0.1) is 0 Å². The maximum atomic E-state index is 12.7. The lowest BCUT2D eigenvalue weighted by molar-refractivity contribution is -0.0955. The summed E-state index contributed by atoms with van der Waals surface area (Å²) >= 11 is 3.72. The normalized spacial score (nSPS) is 23.0. The van der Waals surface area contributed by atoms with Crippen LogP contribution in [-0.4, -0.2) is 43.1 Å². The molecule has 0 fully saturated rings. The van der Waals surface area contributed by atoms with Crippen LogP contribution in [0.15, 0.2) is 24.3 Å². The van der Waals surface area contributed by atoms with Gasteiger partial charge in [0.15, 0.2) is 0 Å². The number of fused-ring (bicyclic) bond motifs is 1. The monoisotopic (exact) mass is 399 g/mol. The molecule has 0 saturated carbocycles. The number of hydrogen-bond acceptors (Lipinski definition) is 4. The second-order valence-corrected chi connectivity index (χ2v) is 7.77. The molecule has 24 heavy (non-hydrogen) atoms. The Morgan fingerprint density at radius 1 is 1.25 bits per heavy atom. The van der Waals surface area contributed by atoms with Gasteiger partial charge in [-0.2, -0.15) is 0 Å². The fraction of sp³-hybridized carbons (Fsp3) is 0.611. The average Bonchev–Trinajstić information content (AvgIpc) is 2.78. The van der Waals surface area contributed by atoms with Gasteiger partial charge in [0.05, 0.1) is 10.9 Å². The van der Waals surface area contributed by atoms with Gasteiger partial charge in [0, 0.05) is 13.7 Å². The summed E-state index contributed by atoms with van der Waals surface area (Å²) in [5.74, 6) is 0. The highest BCUT2D eigenvalue weighted by molar-refractivity contribution is 9.09. The molecule has 0 aliphatic heterocycles. The van der Waals surface area contributed by atoms with E-state index in [1.807, 2.05) is 45.9 Å². The van der Waals surface area contributed by atoms with E-state index in [1.165, 1.54) is 0 Å². The first-order valence-electron chi connectivity index (χ1n) is 8.13. The van der Waals surface area contributed by atoms with Gasteiger partial charge in [-0.1, -0.05) is 40.2 Å². The SMILES string of the molecule is CCN(C(=O)OC(C)(C)C)[C@@H]1c2ccccc2C(Br)[C@H]1OCOC. The van der Waals surface area contributed by atoms with E-state index < -0.39 is 5.60 Å². The molecule has 5 nitrogen and oxygen atoms in total. The summed E-state index contributed by atoms with van der Waals surface area (Å²) in [6.07, 6.45) is -0.577. The van der Waals surface area contributed by atoms with Crippen LogP contribution < -0.4 is 0 Å². The minimum absolute atomic E-state index is 0.00895. The lowest BCUT2D eigenvalue weighted by Gasteiger charge is -2.34. The lowest BCUT2D eigenvalue weighted by Crippen LogP contribution is -2.43. The van der Waals surface area contributed by atoms with Crippen molar-refractivity contribution in [3.05, 3.63) is 35.4 Å². The Morgan fingerprint density at radius 3 is 2.42 bits per heavy atom. The van der Waals surface area contributed by atoms with E-state index in [0.717, 1.165) is 11.1 Å². The zero-order valence-electron chi connectivity index (χ0n) is 14.9. The van der Waals surface area contributed by atoms with Crippen LogP contribution in [0.2, 0.25) is 0 Å². The van der Waals surface area contributed by atoms with Crippen LogP contribution in [0.1, 0.15) is 49.7 Å². The molecule has 1 aromatic carbocycles. The van der Waals surface area contributed by atoms with Gasteiger partial charge >= 0.3 is 6.09 Å². The second kappa shape index (κ2) is 7.85. The number of rotatable bonds is 5. The molecule has 134 valence electrons. The number of halogens is 1. The van der Waals surface area contributed by atoms with Crippen LogP contribution in [0.5, 0.6) is 0 Å². The van der Waals surface area contributed by atoms with Crippen LogP contribution in [-0.2, 0) is 14.2 Å². The Kier molecular flexibility index (Phi) is 6.28. The Hall–Kier alpha value is -1.11. The minimum atomic E-state index is -0.542. The number of methoxy groups -OCH3 is 1. The first-order valence-corrected chi connectivity index (χ1v) is 9.04. The highest BCUT2D eigenvalue weighted by Gasteiger charge is 2.45. The number of likely N-dealkylation sites (N-methyl/N-ethyl adjacent to an activating group) is 1. The first-order chi connectivity index (χ1) is 11.3. The number of carbonyl (C=O) groups is 1. The molecule has 2 rings (SSSR count). The molecule has 1 aliphatic carbocycles. The number of hydrogen-bond donors (Lipinski definition) is 0. The van der Waals surface area contributed by atoms with Crippen molar-refractivity contribution in [2.75, 3.05) is 20.4 Å². The van der Waals surface area contributed by atoms with E-state index in [0.29, 0.717) is 6.54 Å². The molecule has 0 N–H and O–H groups in total. The summed E-state index contributed by atoms with van der Waals surface area (Å²) in [5, 5.41) is 0. The van der Waals surface area contributed by atoms with Crippen molar-refractivity contribution < 1.29 is 19.0 Å². The molecule has 0 radical (unpaired) electrons. The Morgan fingerprint density at radius 2 is 1.88 bits per heavy atom. The molecular weight excluding hydrogens is 374 g/mol. The fourth-order valence-corrected chi connectivity index (χ4v) is 3.83. The quantitative estimate of drug-likeness (QED) is 0.542. The smallest absolute Gasteiger partial charge is 0.410 e. The lowest BCUT2D eigenvalue weighted by atomic mass is 10.1. The van der Waals surface area contributed by atoms with E-state index in [-0.39, 0.29) is 29.9 Å². The number of ether oxygens (including phenoxy) is 3. The van der Waals surface area contributed by atoms with Crippen molar-refractivity contribution in [1.82, 2.24) is 4.90 Å².